The first-order chi connectivity index (χ1) is 48.1. The summed E-state index contributed by atoms with van der Waals surface area (Å²) < 4.78 is 19.7. The first kappa shape index (κ1) is 96.8. The van der Waals surface area contributed by atoms with E-state index < -0.39 is 65.1 Å². The Kier molecular flexibility index (Phi) is 50.6. The quantitative estimate of drug-likeness (QED) is 0.0360. The van der Waals surface area contributed by atoms with Crippen LogP contribution in [0.3, 0.4) is 0 Å². The first-order valence-electron chi connectivity index (χ1n) is 31.9. The number of amides is 13. The lowest BCUT2D eigenvalue weighted by Gasteiger charge is -2.26. The summed E-state index contributed by atoms with van der Waals surface area (Å²) in [5.41, 5.74) is 1.48. The smallest absolute Gasteiger partial charge is 0.328 e. The molecule has 5 fully saturated rings. The number of benzene rings is 1. The zero-order chi connectivity index (χ0) is 77.3. The van der Waals surface area contributed by atoms with Crippen LogP contribution in [-0.4, -0.2) is 148 Å². The van der Waals surface area contributed by atoms with Crippen molar-refractivity contribution < 1.29 is 106 Å². The Balaban J connectivity index is -0.00000111. The van der Waals surface area contributed by atoms with E-state index in [2.05, 4.69) is 51.9 Å². The largest absolute Gasteiger partial charge is 0.466 e. The summed E-state index contributed by atoms with van der Waals surface area (Å²) in [6.45, 7) is 13.8. The van der Waals surface area contributed by atoms with Gasteiger partial charge in [0.05, 0.1) is 68.1 Å². The number of imide groups is 5. The molecule has 0 aromatic heterocycles. The lowest BCUT2D eigenvalue weighted by Crippen LogP contribution is -2.49. The van der Waals surface area contributed by atoms with Gasteiger partial charge >= 0.3 is 35.9 Å². The van der Waals surface area contributed by atoms with Crippen LogP contribution in [-0.2, 0) is 90.9 Å². The second-order valence-corrected chi connectivity index (χ2v) is 23.3. The number of rotatable bonds is 16. The van der Waals surface area contributed by atoms with Crippen LogP contribution in [0.5, 0.6) is 0 Å². The minimum atomic E-state index is -0.826. The number of carbonyl (C=O) groups is 17. The Morgan fingerprint density at radius 2 is 1.09 bits per heavy atom. The molecule has 1 aromatic carbocycles. The number of barbiturate groups is 2. The van der Waals surface area contributed by atoms with Gasteiger partial charge in [0, 0.05) is 31.4 Å². The number of ketones is 2. The van der Waals surface area contributed by atoms with Crippen LogP contribution >= 0.6 is 12.2 Å². The normalized spacial score (nSPS) is 17.1. The van der Waals surface area contributed by atoms with Gasteiger partial charge in [0.15, 0.2) is 5.11 Å². The molecule has 3 saturated heterocycles. The summed E-state index contributed by atoms with van der Waals surface area (Å²) >= 11 is 4.50. The number of nitrogens with one attached hydrogen (secondary N) is 7. The highest BCUT2D eigenvalue weighted by Crippen LogP contribution is 2.28. The number of para-hydroxylation sites is 1. The Morgan fingerprint density at radius 1 is 0.625 bits per heavy atom. The fourth-order valence-electron chi connectivity index (χ4n) is 8.39. The predicted octanol–water partition coefficient (Wildman–Crippen LogP) is 4.86. The van der Waals surface area contributed by atoms with Crippen LogP contribution < -0.4 is 42.2 Å². The Bertz CT molecular complexity index is 3190. The van der Waals surface area contributed by atoms with E-state index in [0.717, 1.165) is 30.7 Å². The molecule has 8 N–H and O–H groups in total. The zero-order valence-corrected chi connectivity index (χ0v) is 58.5. The minimum Gasteiger partial charge on any atom is -0.466 e. The molecule has 13 amide bonds. The predicted molar refractivity (Wildman–Crippen MR) is 371 cm³/mol. The fraction of sp³-hybridized carbons (Fsp3) is 0.544. The number of nitriles is 4. The molecular weight excluding hydrogens is 1380 g/mol. The van der Waals surface area contributed by atoms with Crippen molar-refractivity contribution >= 4 is 129 Å². The molecule has 0 bridgehead atoms. The van der Waals surface area contributed by atoms with Crippen molar-refractivity contribution in [2.45, 2.75) is 210 Å². The number of nitrogens with zero attached hydrogens (tertiary/aromatic N) is 6. The summed E-state index contributed by atoms with van der Waals surface area (Å²) in [6.07, 6.45) is 8.98. The Hall–Kier alpha value is -11.4. The number of anilines is 1. The van der Waals surface area contributed by atoms with Gasteiger partial charge in [-0.1, -0.05) is 66.2 Å². The number of aliphatic hydroxyl groups is 1. The zero-order valence-electron chi connectivity index (χ0n) is 57.7. The van der Waals surface area contributed by atoms with E-state index in [-0.39, 0.29) is 137 Å². The van der Waals surface area contributed by atoms with Crippen LogP contribution in [0.1, 0.15) is 198 Å². The van der Waals surface area contributed by atoms with Crippen LogP contribution in [0, 0.1) is 57.2 Å². The highest BCUT2D eigenvalue weighted by atomic mass is 32.1. The monoisotopic (exact) mass is 1480 g/mol. The third kappa shape index (κ3) is 46.9. The van der Waals surface area contributed by atoms with Crippen molar-refractivity contribution in [2.75, 3.05) is 24.8 Å². The highest BCUT2D eigenvalue weighted by Gasteiger charge is 2.30. The lowest BCUT2D eigenvalue weighted by molar-refractivity contribution is -0.154. The van der Waals surface area contributed by atoms with Crippen LogP contribution in [0.2, 0.25) is 0 Å². The van der Waals surface area contributed by atoms with E-state index in [0.29, 0.717) is 76.1 Å². The number of hydrogen-bond donors (Lipinski definition) is 8. The molecule has 1 atom stereocenters. The maximum Gasteiger partial charge on any atom is 0.328 e. The van der Waals surface area contributed by atoms with Crippen molar-refractivity contribution in [1.82, 2.24) is 37.2 Å². The average molecular weight is 1480 g/mol. The second-order valence-electron chi connectivity index (χ2n) is 22.9. The minimum absolute atomic E-state index is 0. The molecule has 0 spiro atoms. The Labute approximate surface area is 608 Å². The summed E-state index contributed by atoms with van der Waals surface area (Å²) in [7, 11) is 0. The summed E-state index contributed by atoms with van der Waals surface area (Å²) in [6, 6.07) is 14.9. The molecule has 568 valence electrons. The van der Waals surface area contributed by atoms with E-state index in [1.54, 1.807) is 52.0 Å². The number of thiocarbonyl (C=S) groups is 1. The van der Waals surface area contributed by atoms with Crippen molar-refractivity contribution in [1.29, 1.82) is 21.0 Å². The third-order valence-corrected chi connectivity index (χ3v) is 13.6. The summed E-state index contributed by atoms with van der Waals surface area (Å²) in [5, 5.41) is 62.2. The molecular formula is C68H93N13O22S. The van der Waals surface area contributed by atoms with E-state index in [1.165, 1.54) is 17.9 Å². The van der Waals surface area contributed by atoms with Crippen molar-refractivity contribution in [3.8, 4) is 24.3 Å². The van der Waals surface area contributed by atoms with Crippen LogP contribution in [0.15, 0.2) is 46.6 Å². The molecule has 2 saturated carbocycles. The van der Waals surface area contributed by atoms with E-state index in [1.807, 2.05) is 58.5 Å². The molecule has 7 aliphatic rings. The van der Waals surface area contributed by atoms with Gasteiger partial charge in [-0.25, -0.2) is 14.6 Å². The standard InChI is InChI=1S/C12H17NO4.C11H19NO2.C10H10N2O.C8H13NO3.C7H6N2O2.C6H8O2.2C4H4N2O3.C4H4N2O2S.2CH4/c1-2-16-12(15)9-3-5-10(6-4-9)17-11(14)7-8-13;1-3-5-6-10(4-2)9-14-11(13)7-8-12;1-8-7-10(13)12(11-8)9-5-3-2-4-6-9;1-8(2,11)4-6-12-7(10)3-5-9;1-4-2-6(10)9-7(11)5(4)3-8;7-5-2-1-3-6(8)4-5;3*7-2-1-3(8)6-4(9)5-2;;/h9-10H,2-7H2,1H3;10H,3-7,9H2,1-2H3;2-6H,7H2,1H3;11H,3-4,6H2,1-2H3;2H2,1H3,(H,9,10,11);1-4H2;3*1H2,(H2,5,6,7,8,9);2*1H4. The van der Waals surface area contributed by atoms with Gasteiger partial charge < -0.3 is 34.7 Å². The molecule has 1 unspecified atom stereocenters. The Morgan fingerprint density at radius 3 is 1.46 bits per heavy atom. The number of ether oxygens (including phenoxy) is 4. The molecule has 0 radical (unpaired) electrons. The number of urea groups is 2. The molecule has 1 aromatic rings. The molecule has 5 heterocycles. The molecule has 36 heteroatoms. The summed E-state index contributed by atoms with van der Waals surface area (Å²) in [5.74, 6) is -4.74. The van der Waals surface area contributed by atoms with Gasteiger partial charge in [-0.3, -0.25) is 98.5 Å². The van der Waals surface area contributed by atoms with Gasteiger partial charge in [-0.2, -0.15) is 26.1 Å². The second kappa shape index (κ2) is 54.4. The van der Waals surface area contributed by atoms with Crippen LogP contribution in [0.25, 0.3) is 0 Å². The highest BCUT2D eigenvalue weighted by molar-refractivity contribution is 7.80. The SMILES string of the molecule is C.C.CC(C)(O)CCOC(=O)CC#N.CC1=C(C#N)C(=O)NC(=O)C1.CC1=NN(c2ccccc2)C(=O)C1.CCCCC(CC)COC(=O)CC#N.CCOC(=O)C1CCC(OC(=O)CC#N)CC1.O=C1CC(=O)NC(=O)N1.O=C1CC(=O)NC(=O)N1.O=C1CC(=O)NC(=S)N1.O=C1CCCC(=O)C1. The number of Topliss-reactive ketones (excluding diaryl/α,β-unsaturated/α-hetero) is 2. The van der Waals surface area contributed by atoms with E-state index >= 15 is 0 Å². The topological polar surface area (TPSA) is 542 Å². The van der Waals surface area contributed by atoms with Crippen molar-refractivity contribution in [3.63, 3.8) is 0 Å². The van der Waals surface area contributed by atoms with E-state index in [4.69, 9.17) is 35.3 Å². The van der Waals surface area contributed by atoms with Gasteiger partial charge in [-0.15, -0.1) is 0 Å². The van der Waals surface area contributed by atoms with Crippen molar-refractivity contribution in [3.05, 3.63) is 41.5 Å². The molecule has 35 nitrogen and oxygen atoms in total. The maximum absolute atomic E-state index is 11.5. The van der Waals surface area contributed by atoms with Gasteiger partial charge in [0.1, 0.15) is 67.8 Å². The molecule has 8 rings (SSSR count). The number of hydrazone groups is 1. The third-order valence-electron chi connectivity index (χ3n) is 13.4. The lowest BCUT2D eigenvalue weighted by atomic mass is 9.87. The molecule has 104 heavy (non-hydrogen) atoms. The number of unbranched alkanes of at least 4 members (excludes halogenated alkanes) is 1. The van der Waals surface area contributed by atoms with Crippen molar-refractivity contribution in [2.24, 2.45) is 16.9 Å². The van der Waals surface area contributed by atoms with Crippen LogP contribution in [0.4, 0.5) is 15.3 Å². The maximum atomic E-state index is 11.5. The fourth-order valence-corrected chi connectivity index (χ4v) is 8.62. The van der Waals surface area contributed by atoms with Gasteiger partial charge in [-0.05, 0) is 109 Å². The average Bonchev–Trinajstić information content (AvgIpc) is 1.56. The first-order valence-corrected chi connectivity index (χ1v) is 32.3. The van der Waals surface area contributed by atoms with Gasteiger partial charge in [0.25, 0.3) is 11.8 Å². The number of hydrogen-bond acceptors (Lipinski definition) is 28. The molecule has 5 aliphatic heterocycles. The number of esters is 4. The summed E-state index contributed by atoms with van der Waals surface area (Å²) in [4.78, 5) is 180. The number of carbonyl (C=O) groups excluding carboxylic acids is 17. The molecule has 2 aliphatic carbocycles. The van der Waals surface area contributed by atoms with E-state index in [9.17, 15) is 86.6 Å². The van der Waals surface area contributed by atoms with Gasteiger partial charge in [0.2, 0.25) is 41.4 Å².